The van der Waals surface area contributed by atoms with Gasteiger partial charge in [-0.2, -0.15) is 5.26 Å². The monoisotopic (exact) mass is 486 g/mol. The first kappa shape index (κ1) is 24.7. The van der Waals surface area contributed by atoms with Crippen LogP contribution in [0.2, 0.25) is 0 Å². The van der Waals surface area contributed by atoms with Gasteiger partial charge in [0, 0.05) is 16.9 Å². The van der Waals surface area contributed by atoms with Crippen LogP contribution in [0.25, 0.3) is 0 Å². The van der Waals surface area contributed by atoms with E-state index >= 15 is 0 Å². The summed E-state index contributed by atoms with van der Waals surface area (Å²) < 4.78 is 5.35. The summed E-state index contributed by atoms with van der Waals surface area (Å²) in [5.41, 5.74) is 3.28. The molecule has 0 aliphatic heterocycles. The van der Waals surface area contributed by atoms with Crippen molar-refractivity contribution in [2.24, 2.45) is 0 Å². The van der Waals surface area contributed by atoms with Crippen molar-refractivity contribution in [2.75, 3.05) is 11.9 Å². The average molecular weight is 487 g/mol. The van der Waals surface area contributed by atoms with Crippen molar-refractivity contribution in [3.63, 3.8) is 0 Å². The number of nitrogens with zero attached hydrogens (tertiary/aromatic N) is 1. The molecule has 35 heavy (non-hydrogen) atoms. The number of rotatable bonds is 5. The fourth-order valence-electron chi connectivity index (χ4n) is 4.59. The Morgan fingerprint density at radius 1 is 1.11 bits per heavy atom. The first-order valence-electron chi connectivity index (χ1n) is 11.9. The summed E-state index contributed by atoms with van der Waals surface area (Å²) in [6.45, 7) is 8.39. The number of ether oxygens (including phenoxy) is 1. The molecule has 0 radical (unpaired) electrons. The Morgan fingerprint density at radius 3 is 2.40 bits per heavy atom. The van der Waals surface area contributed by atoms with Gasteiger partial charge in [0.25, 0.3) is 5.91 Å². The highest BCUT2D eigenvalue weighted by atomic mass is 32.1. The minimum absolute atomic E-state index is 0.00904. The Bertz CT molecular complexity index is 1280. The second kappa shape index (κ2) is 9.67. The van der Waals surface area contributed by atoms with Crippen LogP contribution in [-0.4, -0.2) is 18.5 Å². The number of esters is 1. The molecule has 2 aromatic carbocycles. The molecule has 0 spiro atoms. The van der Waals surface area contributed by atoms with Crippen LogP contribution in [0.3, 0.4) is 0 Å². The van der Waals surface area contributed by atoms with Crippen LogP contribution in [0.1, 0.15) is 76.4 Å². The van der Waals surface area contributed by atoms with Crippen LogP contribution in [0.4, 0.5) is 5.00 Å². The van der Waals surface area contributed by atoms with Crippen LogP contribution >= 0.6 is 11.3 Å². The lowest BCUT2D eigenvalue weighted by Crippen LogP contribution is -2.31. The summed E-state index contributed by atoms with van der Waals surface area (Å²) in [7, 11) is 0. The molecule has 1 aromatic heterocycles. The van der Waals surface area contributed by atoms with E-state index in [4.69, 9.17) is 4.74 Å². The molecule has 1 N–H and O–H groups in total. The van der Waals surface area contributed by atoms with Crippen LogP contribution in [0.5, 0.6) is 0 Å². The first-order valence-corrected chi connectivity index (χ1v) is 12.7. The zero-order valence-corrected chi connectivity index (χ0v) is 21.4. The predicted octanol–water partition coefficient (Wildman–Crippen LogP) is 6.42. The summed E-state index contributed by atoms with van der Waals surface area (Å²) in [6, 6.07) is 19.9. The molecule has 1 atom stereocenters. The van der Waals surface area contributed by atoms with E-state index in [2.05, 4.69) is 32.2 Å². The number of amides is 1. The molecule has 0 saturated carbocycles. The van der Waals surface area contributed by atoms with Gasteiger partial charge < -0.3 is 10.1 Å². The van der Waals surface area contributed by atoms with Crippen molar-refractivity contribution in [1.82, 2.24) is 0 Å². The lowest BCUT2D eigenvalue weighted by atomic mass is 9.70. The molecule has 1 amide bonds. The first-order chi connectivity index (χ1) is 16.7. The minimum atomic E-state index is -0.658. The topological polar surface area (TPSA) is 79.2 Å². The molecule has 0 saturated heterocycles. The number of hydrogen-bond donors (Lipinski definition) is 1. The van der Waals surface area contributed by atoms with Crippen molar-refractivity contribution in [3.05, 3.63) is 87.3 Å². The van der Waals surface area contributed by atoms with Gasteiger partial charge in [0.15, 0.2) is 0 Å². The van der Waals surface area contributed by atoms with Gasteiger partial charge >= 0.3 is 5.97 Å². The Hall–Kier alpha value is -3.43. The molecule has 3 aromatic rings. The lowest BCUT2D eigenvalue weighted by Gasteiger charge is -2.31. The van der Waals surface area contributed by atoms with E-state index in [-0.39, 0.29) is 17.9 Å². The van der Waals surface area contributed by atoms with E-state index in [0.29, 0.717) is 35.4 Å². The number of anilines is 1. The highest BCUT2D eigenvalue weighted by molar-refractivity contribution is 7.17. The van der Waals surface area contributed by atoms with Gasteiger partial charge in [0.1, 0.15) is 5.00 Å². The number of nitriles is 1. The number of benzene rings is 2. The van der Waals surface area contributed by atoms with Crippen molar-refractivity contribution < 1.29 is 14.3 Å². The van der Waals surface area contributed by atoms with Gasteiger partial charge in [-0.25, -0.2) is 4.79 Å². The number of fused-ring (bicyclic) bond motifs is 1. The normalized spacial score (nSPS) is 17.2. The van der Waals surface area contributed by atoms with Crippen LogP contribution < -0.4 is 5.32 Å². The second-order valence-electron chi connectivity index (χ2n) is 9.95. The van der Waals surface area contributed by atoms with Crippen molar-refractivity contribution in [3.8, 4) is 6.07 Å². The van der Waals surface area contributed by atoms with E-state index in [1.54, 1.807) is 6.92 Å². The number of carbonyl (C=O) groups is 2. The average Bonchev–Trinajstić information content (AvgIpc) is 3.20. The predicted molar refractivity (Wildman–Crippen MR) is 139 cm³/mol. The Balaban J connectivity index is 1.68. The molecule has 0 fully saturated rings. The Morgan fingerprint density at radius 2 is 1.80 bits per heavy atom. The third-order valence-electron chi connectivity index (χ3n) is 6.61. The Kier molecular flexibility index (Phi) is 6.82. The standard InChI is InChI=1S/C29H30N2O3S/c1-5-34-27(33)24-22-15-16-29(18-30,21-9-7-6-8-10-21)17-23(22)35-26(24)31-25(32)19-11-13-20(14-12-19)28(2,3)4/h6-14H,5,15-17H2,1-4H3,(H,31,32). The summed E-state index contributed by atoms with van der Waals surface area (Å²) >= 11 is 1.37. The van der Waals surface area contributed by atoms with Gasteiger partial charge in [-0.05, 0) is 54.0 Å². The van der Waals surface area contributed by atoms with Crippen molar-refractivity contribution in [1.29, 1.82) is 5.26 Å². The summed E-state index contributed by atoms with van der Waals surface area (Å²) in [4.78, 5) is 27.0. The largest absolute Gasteiger partial charge is 0.462 e. The number of nitrogens with one attached hydrogen (secondary N) is 1. The molecule has 1 aliphatic rings. The van der Waals surface area contributed by atoms with Crippen LogP contribution in [-0.2, 0) is 28.4 Å². The quantitative estimate of drug-likeness (QED) is 0.422. The minimum Gasteiger partial charge on any atom is -0.462 e. The number of thiophene rings is 1. The van der Waals surface area contributed by atoms with Gasteiger partial charge in [0.05, 0.1) is 23.7 Å². The van der Waals surface area contributed by atoms with Gasteiger partial charge in [-0.3, -0.25) is 4.79 Å². The molecule has 5 nitrogen and oxygen atoms in total. The van der Waals surface area contributed by atoms with E-state index in [1.165, 1.54) is 11.3 Å². The third kappa shape index (κ3) is 4.87. The maximum atomic E-state index is 13.1. The zero-order chi connectivity index (χ0) is 25.2. The smallest absolute Gasteiger partial charge is 0.341 e. The fraction of sp³-hybridized carbons (Fsp3) is 0.345. The fourth-order valence-corrected chi connectivity index (χ4v) is 5.93. The summed E-state index contributed by atoms with van der Waals surface area (Å²) in [5.74, 6) is -0.711. The highest BCUT2D eigenvalue weighted by Gasteiger charge is 2.40. The molecule has 1 unspecified atom stereocenters. The van der Waals surface area contributed by atoms with Gasteiger partial charge in [0.2, 0.25) is 0 Å². The van der Waals surface area contributed by atoms with Crippen molar-refractivity contribution in [2.45, 2.75) is 57.8 Å². The zero-order valence-electron chi connectivity index (χ0n) is 20.6. The lowest BCUT2D eigenvalue weighted by molar-refractivity contribution is 0.0526. The molecule has 180 valence electrons. The second-order valence-corrected chi connectivity index (χ2v) is 11.1. The van der Waals surface area contributed by atoms with Crippen LogP contribution in [0, 0.1) is 11.3 Å². The molecular weight excluding hydrogens is 456 g/mol. The molecule has 1 aliphatic carbocycles. The number of hydrogen-bond acceptors (Lipinski definition) is 5. The SMILES string of the molecule is CCOC(=O)c1c(NC(=O)c2ccc(C(C)(C)C)cc2)sc2c1CCC(C#N)(c1ccccc1)C2. The van der Waals surface area contributed by atoms with Gasteiger partial charge in [-0.1, -0.05) is 63.2 Å². The summed E-state index contributed by atoms with van der Waals surface area (Å²) in [5, 5.41) is 13.6. The third-order valence-corrected chi connectivity index (χ3v) is 7.76. The van der Waals surface area contributed by atoms with E-state index in [9.17, 15) is 14.9 Å². The van der Waals surface area contributed by atoms with Crippen molar-refractivity contribution >= 4 is 28.2 Å². The van der Waals surface area contributed by atoms with E-state index in [1.807, 2.05) is 54.6 Å². The highest BCUT2D eigenvalue weighted by Crippen LogP contribution is 2.45. The molecule has 4 rings (SSSR count). The van der Waals surface area contributed by atoms with Gasteiger partial charge in [-0.15, -0.1) is 11.3 Å². The number of carbonyl (C=O) groups excluding carboxylic acids is 2. The maximum Gasteiger partial charge on any atom is 0.341 e. The molecular formula is C29H30N2O3S. The summed E-state index contributed by atoms with van der Waals surface area (Å²) in [6.07, 6.45) is 1.67. The Labute approximate surface area is 210 Å². The van der Waals surface area contributed by atoms with E-state index in [0.717, 1.165) is 21.6 Å². The van der Waals surface area contributed by atoms with E-state index < -0.39 is 11.4 Å². The molecule has 6 heteroatoms. The van der Waals surface area contributed by atoms with Crippen LogP contribution in [0.15, 0.2) is 54.6 Å². The molecule has 0 bridgehead atoms. The molecule has 1 heterocycles. The maximum absolute atomic E-state index is 13.1.